The molecule has 3 nitrogen and oxygen atoms in total. The van der Waals surface area contributed by atoms with Gasteiger partial charge < -0.3 is 9.64 Å². The summed E-state index contributed by atoms with van der Waals surface area (Å²) in [4.78, 5) is 5.23. The predicted molar refractivity (Wildman–Crippen MR) is 108 cm³/mol. The zero-order valence-electron chi connectivity index (χ0n) is 15.6. The fraction of sp³-hybridized carbons (Fsp3) is 0.478. The zero-order chi connectivity index (χ0) is 17.6. The summed E-state index contributed by atoms with van der Waals surface area (Å²) in [5, 5.41) is 0. The molecule has 1 aliphatic carbocycles. The number of rotatable bonds is 5. The van der Waals surface area contributed by atoms with Gasteiger partial charge in [0.1, 0.15) is 0 Å². The van der Waals surface area contributed by atoms with Crippen molar-refractivity contribution in [2.24, 2.45) is 0 Å². The zero-order valence-corrected chi connectivity index (χ0v) is 15.6. The maximum absolute atomic E-state index is 6.15. The third-order valence-electron chi connectivity index (χ3n) is 5.92. The molecule has 0 N–H and O–H groups in total. The van der Waals surface area contributed by atoms with E-state index in [1.165, 1.54) is 50.0 Å². The molecule has 1 saturated carbocycles. The Morgan fingerprint density at radius 3 is 2.00 bits per heavy atom. The number of para-hydroxylation sites is 1. The Balaban J connectivity index is 1.19. The molecule has 0 unspecified atom stereocenters. The highest BCUT2D eigenvalue weighted by Gasteiger charge is 2.28. The first-order valence-corrected chi connectivity index (χ1v) is 10.1. The van der Waals surface area contributed by atoms with Crippen LogP contribution in [0.5, 0.6) is 0 Å². The van der Waals surface area contributed by atoms with Gasteiger partial charge in [0.15, 0.2) is 0 Å². The summed E-state index contributed by atoms with van der Waals surface area (Å²) in [6, 6.07) is 22.1. The third kappa shape index (κ3) is 4.46. The van der Waals surface area contributed by atoms with Crippen molar-refractivity contribution in [2.45, 2.75) is 44.4 Å². The second-order valence-electron chi connectivity index (χ2n) is 7.59. The average molecular weight is 351 g/mol. The highest BCUT2D eigenvalue weighted by molar-refractivity contribution is 5.46. The summed E-state index contributed by atoms with van der Waals surface area (Å²) in [6.45, 7) is 5.43. The Labute approximate surface area is 157 Å². The average Bonchev–Trinajstić information content (AvgIpc) is 2.74. The minimum Gasteiger partial charge on any atom is -0.374 e. The minimum atomic E-state index is 0.442. The molecule has 0 bridgehead atoms. The SMILES string of the molecule is c1ccc(COC2CCC(N3CCN(c4ccccc4)CC3)CC2)cc1. The van der Waals surface area contributed by atoms with Gasteiger partial charge in [0, 0.05) is 37.9 Å². The molecule has 2 fully saturated rings. The van der Waals surface area contributed by atoms with Crippen LogP contribution in [-0.2, 0) is 11.3 Å². The maximum atomic E-state index is 6.15. The van der Waals surface area contributed by atoms with Gasteiger partial charge in [0.05, 0.1) is 12.7 Å². The van der Waals surface area contributed by atoms with Crippen molar-refractivity contribution in [1.82, 2.24) is 4.90 Å². The monoisotopic (exact) mass is 350 g/mol. The van der Waals surface area contributed by atoms with Crippen molar-refractivity contribution in [3.63, 3.8) is 0 Å². The number of ether oxygens (including phenoxy) is 1. The normalized spacial score (nSPS) is 24.5. The molecule has 1 saturated heterocycles. The van der Waals surface area contributed by atoms with Crippen LogP contribution >= 0.6 is 0 Å². The number of hydrogen-bond donors (Lipinski definition) is 0. The van der Waals surface area contributed by atoms with Crippen molar-refractivity contribution < 1.29 is 4.74 Å². The molecule has 0 atom stereocenters. The molecule has 2 aromatic carbocycles. The van der Waals surface area contributed by atoms with Crippen LogP contribution in [0.25, 0.3) is 0 Å². The number of hydrogen-bond acceptors (Lipinski definition) is 3. The lowest BCUT2D eigenvalue weighted by molar-refractivity contribution is -0.00314. The number of benzene rings is 2. The third-order valence-corrected chi connectivity index (χ3v) is 5.92. The fourth-order valence-corrected chi connectivity index (χ4v) is 4.35. The lowest BCUT2D eigenvalue weighted by Gasteiger charge is -2.42. The summed E-state index contributed by atoms with van der Waals surface area (Å²) < 4.78 is 6.15. The van der Waals surface area contributed by atoms with Crippen LogP contribution in [0.2, 0.25) is 0 Å². The molecule has 1 aliphatic heterocycles. The number of anilines is 1. The van der Waals surface area contributed by atoms with E-state index in [1.54, 1.807) is 0 Å². The molecule has 4 rings (SSSR count). The van der Waals surface area contributed by atoms with E-state index in [0.29, 0.717) is 6.10 Å². The second-order valence-corrected chi connectivity index (χ2v) is 7.59. The van der Waals surface area contributed by atoms with Gasteiger partial charge in [-0.25, -0.2) is 0 Å². The van der Waals surface area contributed by atoms with Gasteiger partial charge in [0.25, 0.3) is 0 Å². The van der Waals surface area contributed by atoms with Crippen LogP contribution in [0.15, 0.2) is 60.7 Å². The van der Waals surface area contributed by atoms with E-state index in [1.807, 2.05) is 0 Å². The lowest BCUT2D eigenvalue weighted by Crippen LogP contribution is -2.51. The van der Waals surface area contributed by atoms with Crippen molar-refractivity contribution in [1.29, 1.82) is 0 Å². The highest BCUT2D eigenvalue weighted by atomic mass is 16.5. The molecule has 0 radical (unpaired) electrons. The molecule has 0 aromatic heterocycles. The lowest BCUT2D eigenvalue weighted by atomic mass is 9.91. The van der Waals surface area contributed by atoms with Crippen molar-refractivity contribution in [2.75, 3.05) is 31.1 Å². The van der Waals surface area contributed by atoms with E-state index < -0.39 is 0 Å². The molecular weight excluding hydrogens is 320 g/mol. The van der Waals surface area contributed by atoms with Gasteiger partial charge in [-0.15, -0.1) is 0 Å². The second kappa shape index (κ2) is 8.70. The van der Waals surface area contributed by atoms with Gasteiger partial charge in [-0.1, -0.05) is 48.5 Å². The van der Waals surface area contributed by atoms with Crippen molar-refractivity contribution in [3.05, 3.63) is 66.2 Å². The Morgan fingerprint density at radius 1 is 0.731 bits per heavy atom. The van der Waals surface area contributed by atoms with Gasteiger partial charge in [0.2, 0.25) is 0 Å². The summed E-state index contributed by atoms with van der Waals surface area (Å²) in [6.07, 6.45) is 5.42. The number of piperazine rings is 1. The van der Waals surface area contributed by atoms with Crippen LogP contribution in [0.4, 0.5) is 5.69 Å². The molecule has 26 heavy (non-hydrogen) atoms. The first-order chi connectivity index (χ1) is 12.9. The predicted octanol–water partition coefficient (Wildman–Crippen LogP) is 4.34. The molecule has 2 aromatic rings. The van der Waals surface area contributed by atoms with E-state index in [9.17, 15) is 0 Å². The van der Waals surface area contributed by atoms with Gasteiger partial charge in [-0.3, -0.25) is 4.90 Å². The van der Waals surface area contributed by atoms with Gasteiger partial charge >= 0.3 is 0 Å². The van der Waals surface area contributed by atoms with Crippen LogP contribution in [0.3, 0.4) is 0 Å². The molecule has 0 spiro atoms. The molecule has 138 valence electrons. The minimum absolute atomic E-state index is 0.442. The molecule has 0 amide bonds. The Morgan fingerprint density at radius 2 is 1.35 bits per heavy atom. The maximum Gasteiger partial charge on any atom is 0.0720 e. The topological polar surface area (TPSA) is 15.7 Å². The summed E-state index contributed by atoms with van der Waals surface area (Å²) in [5.41, 5.74) is 2.65. The number of nitrogens with zero attached hydrogens (tertiary/aromatic N) is 2. The van der Waals surface area contributed by atoms with Gasteiger partial charge in [-0.05, 0) is 43.4 Å². The highest BCUT2D eigenvalue weighted by Crippen LogP contribution is 2.27. The van der Waals surface area contributed by atoms with Crippen LogP contribution < -0.4 is 4.90 Å². The summed E-state index contributed by atoms with van der Waals surface area (Å²) in [5.74, 6) is 0. The van der Waals surface area contributed by atoms with Crippen LogP contribution in [0, 0.1) is 0 Å². The molecule has 3 heteroatoms. The van der Waals surface area contributed by atoms with E-state index in [0.717, 1.165) is 25.7 Å². The van der Waals surface area contributed by atoms with E-state index in [4.69, 9.17) is 4.74 Å². The van der Waals surface area contributed by atoms with E-state index >= 15 is 0 Å². The molecular formula is C23H30N2O. The van der Waals surface area contributed by atoms with Crippen LogP contribution in [0.1, 0.15) is 31.2 Å². The van der Waals surface area contributed by atoms with Crippen molar-refractivity contribution in [3.8, 4) is 0 Å². The first-order valence-electron chi connectivity index (χ1n) is 10.1. The van der Waals surface area contributed by atoms with Gasteiger partial charge in [-0.2, -0.15) is 0 Å². The van der Waals surface area contributed by atoms with Crippen LogP contribution in [-0.4, -0.2) is 43.2 Å². The standard InChI is InChI=1S/C23H30N2O/c1-3-7-20(8-4-1)19-26-23-13-11-22(12-14-23)25-17-15-24(16-18-25)21-9-5-2-6-10-21/h1-10,22-23H,11-19H2. The van der Waals surface area contributed by atoms with Crippen molar-refractivity contribution >= 4 is 5.69 Å². The molecule has 1 heterocycles. The van der Waals surface area contributed by atoms with E-state index in [2.05, 4.69) is 70.5 Å². The fourth-order valence-electron chi connectivity index (χ4n) is 4.35. The first kappa shape index (κ1) is 17.6. The quantitative estimate of drug-likeness (QED) is 0.798. The van der Waals surface area contributed by atoms with E-state index in [-0.39, 0.29) is 0 Å². The summed E-state index contributed by atoms with van der Waals surface area (Å²) in [7, 11) is 0. The Hall–Kier alpha value is -1.84. The Kier molecular flexibility index (Phi) is 5.88. The largest absolute Gasteiger partial charge is 0.374 e. The Bertz CT molecular complexity index is 644. The summed E-state index contributed by atoms with van der Waals surface area (Å²) >= 11 is 0. The smallest absolute Gasteiger partial charge is 0.0720 e. The molecule has 2 aliphatic rings.